The molecule has 6 nitrogen and oxygen atoms in total. The molecule has 2 heterocycles. The number of ether oxygens (including phenoxy) is 1. The summed E-state index contributed by atoms with van der Waals surface area (Å²) in [5.74, 6) is 6.58. The van der Waals surface area contributed by atoms with E-state index in [0.717, 1.165) is 31.6 Å². The van der Waals surface area contributed by atoms with Gasteiger partial charge in [-0.15, -0.1) is 0 Å². The maximum absolute atomic E-state index is 5.84. The molecule has 0 aromatic carbocycles. The third kappa shape index (κ3) is 2.83. The highest BCUT2D eigenvalue weighted by molar-refractivity contribution is 4.93. The molecule has 0 aliphatic carbocycles. The molecule has 0 radical (unpaired) electrons. The van der Waals surface area contributed by atoms with Crippen LogP contribution in [0.4, 0.5) is 0 Å². The van der Waals surface area contributed by atoms with Crippen molar-refractivity contribution in [2.45, 2.75) is 57.9 Å². The minimum Gasteiger partial charge on any atom is -0.374 e. The third-order valence-corrected chi connectivity index (χ3v) is 3.33. The van der Waals surface area contributed by atoms with Crippen LogP contribution in [0.25, 0.3) is 0 Å². The van der Waals surface area contributed by atoms with E-state index in [1.807, 2.05) is 4.68 Å². The van der Waals surface area contributed by atoms with E-state index in [9.17, 15) is 0 Å². The number of nitrogens with two attached hydrogens (primary N) is 1. The minimum absolute atomic E-state index is 0.106. The predicted molar refractivity (Wildman–Crippen MR) is 64.1 cm³/mol. The normalized spacial score (nSPS) is 26.3. The topological polar surface area (TPSA) is 78.0 Å². The Balaban J connectivity index is 2.00. The molecule has 0 spiro atoms. The molecule has 0 amide bonds. The van der Waals surface area contributed by atoms with Gasteiger partial charge in [-0.05, 0) is 26.7 Å². The molecule has 3 atom stereocenters. The highest BCUT2D eigenvalue weighted by Crippen LogP contribution is 2.22. The second-order valence-corrected chi connectivity index (χ2v) is 4.53. The van der Waals surface area contributed by atoms with Gasteiger partial charge in [0.25, 0.3) is 0 Å². The molecule has 3 unspecified atom stereocenters. The Morgan fingerprint density at radius 1 is 1.65 bits per heavy atom. The average molecular weight is 239 g/mol. The van der Waals surface area contributed by atoms with Crippen molar-refractivity contribution >= 4 is 0 Å². The lowest BCUT2D eigenvalue weighted by Gasteiger charge is -2.22. The van der Waals surface area contributed by atoms with Crippen molar-refractivity contribution < 1.29 is 4.74 Å². The Hall–Kier alpha value is -0.980. The first-order chi connectivity index (χ1) is 8.24. The van der Waals surface area contributed by atoms with E-state index in [2.05, 4.69) is 29.4 Å². The summed E-state index contributed by atoms with van der Waals surface area (Å²) in [6, 6.07) is 0.106. The largest absolute Gasteiger partial charge is 0.374 e. The summed E-state index contributed by atoms with van der Waals surface area (Å²) in [6.45, 7) is 4.98. The number of nitrogens with zero attached hydrogens (tertiary/aromatic N) is 3. The van der Waals surface area contributed by atoms with Crippen LogP contribution >= 0.6 is 0 Å². The number of hydrogen-bond donors (Lipinski definition) is 2. The molecular formula is C11H21N5O. The first-order valence-electron chi connectivity index (χ1n) is 6.22. The quantitative estimate of drug-likeness (QED) is 0.568. The van der Waals surface area contributed by atoms with Crippen LogP contribution in [-0.2, 0) is 17.7 Å². The molecule has 3 N–H and O–H groups in total. The van der Waals surface area contributed by atoms with Gasteiger partial charge in [0.2, 0.25) is 0 Å². The van der Waals surface area contributed by atoms with Gasteiger partial charge in [0.15, 0.2) is 0 Å². The van der Waals surface area contributed by atoms with Crippen LogP contribution in [0.5, 0.6) is 0 Å². The van der Waals surface area contributed by atoms with Gasteiger partial charge in [0, 0.05) is 13.0 Å². The molecule has 2 rings (SSSR count). The lowest BCUT2D eigenvalue weighted by atomic mass is 10.0. The molecule has 17 heavy (non-hydrogen) atoms. The molecule has 1 aliphatic heterocycles. The number of aryl methyl sites for hydroxylation is 1. The summed E-state index contributed by atoms with van der Waals surface area (Å²) in [6.07, 6.45) is 5.00. The first kappa shape index (κ1) is 12.5. The summed E-state index contributed by atoms with van der Waals surface area (Å²) >= 11 is 0. The van der Waals surface area contributed by atoms with E-state index < -0.39 is 0 Å². The molecule has 1 aromatic heterocycles. The van der Waals surface area contributed by atoms with Crippen LogP contribution < -0.4 is 11.3 Å². The van der Waals surface area contributed by atoms with Crippen molar-refractivity contribution in [2.24, 2.45) is 5.84 Å². The second-order valence-electron chi connectivity index (χ2n) is 4.53. The number of aromatic nitrogens is 3. The van der Waals surface area contributed by atoms with Gasteiger partial charge in [0.1, 0.15) is 12.2 Å². The monoisotopic (exact) mass is 239 g/mol. The van der Waals surface area contributed by atoms with Gasteiger partial charge in [-0.25, -0.2) is 4.98 Å². The van der Waals surface area contributed by atoms with Crippen molar-refractivity contribution in [3.8, 4) is 0 Å². The highest BCUT2D eigenvalue weighted by atomic mass is 16.5. The molecule has 1 aliphatic rings. The standard InChI is InChI=1S/C11H21N5O/c1-3-16-11(13-7-14-16)6-9(15-12)10-5-4-8(2)17-10/h7-10,15H,3-6,12H2,1-2H3. The van der Waals surface area contributed by atoms with Crippen LogP contribution in [0.1, 0.15) is 32.5 Å². The molecule has 1 fully saturated rings. The average Bonchev–Trinajstić information content (AvgIpc) is 2.94. The van der Waals surface area contributed by atoms with Crippen molar-refractivity contribution in [3.63, 3.8) is 0 Å². The number of hydrazine groups is 1. The van der Waals surface area contributed by atoms with Crippen molar-refractivity contribution in [2.75, 3.05) is 0 Å². The van der Waals surface area contributed by atoms with Gasteiger partial charge in [-0.1, -0.05) is 0 Å². The first-order valence-corrected chi connectivity index (χ1v) is 6.22. The van der Waals surface area contributed by atoms with Crippen molar-refractivity contribution in [3.05, 3.63) is 12.2 Å². The van der Waals surface area contributed by atoms with Crippen LogP contribution in [0.2, 0.25) is 0 Å². The molecular weight excluding hydrogens is 218 g/mol. The summed E-state index contributed by atoms with van der Waals surface area (Å²) in [5.41, 5.74) is 2.85. The molecule has 1 saturated heterocycles. The smallest absolute Gasteiger partial charge is 0.138 e. The lowest BCUT2D eigenvalue weighted by Crippen LogP contribution is -2.46. The van der Waals surface area contributed by atoms with E-state index in [4.69, 9.17) is 10.6 Å². The van der Waals surface area contributed by atoms with Crippen molar-refractivity contribution in [1.29, 1.82) is 0 Å². The van der Waals surface area contributed by atoms with E-state index in [1.165, 1.54) is 0 Å². The molecule has 0 bridgehead atoms. The predicted octanol–water partition coefficient (Wildman–Crippen LogP) is 0.240. The zero-order chi connectivity index (χ0) is 12.3. The number of rotatable bonds is 5. The molecule has 96 valence electrons. The van der Waals surface area contributed by atoms with E-state index in [1.54, 1.807) is 6.33 Å². The van der Waals surface area contributed by atoms with Crippen LogP contribution in [0.3, 0.4) is 0 Å². The Kier molecular flexibility index (Phi) is 4.09. The van der Waals surface area contributed by atoms with Gasteiger partial charge in [0.05, 0.1) is 18.2 Å². The Labute approximate surface area is 102 Å². The van der Waals surface area contributed by atoms with Crippen LogP contribution in [0, 0.1) is 0 Å². The van der Waals surface area contributed by atoms with E-state index >= 15 is 0 Å². The van der Waals surface area contributed by atoms with Crippen molar-refractivity contribution in [1.82, 2.24) is 20.2 Å². The zero-order valence-electron chi connectivity index (χ0n) is 10.5. The Morgan fingerprint density at radius 3 is 3.06 bits per heavy atom. The molecule has 1 aromatic rings. The highest BCUT2D eigenvalue weighted by Gasteiger charge is 2.30. The minimum atomic E-state index is 0.106. The third-order valence-electron chi connectivity index (χ3n) is 3.33. The number of nitrogens with one attached hydrogen (secondary N) is 1. The van der Waals surface area contributed by atoms with Crippen LogP contribution in [0.15, 0.2) is 6.33 Å². The summed E-state index contributed by atoms with van der Waals surface area (Å²) in [4.78, 5) is 4.27. The van der Waals surface area contributed by atoms with Gasteiger partial charge in [-0.2, -0.15) is 5.10 Å². The second kappa shape index (κ2) is 5.57. The SMILES string of the molecule is CCn1ncnc1CC(NN)C1CCC(C)O1. The van der Waals surface area contributed by atoms with Gasteiger partial charge < -0.3 is 4.74 Å². The number of hydrogen-bond acceptors (Lipinski definition) is 5. The van der Waals surface area contributed by atoms with E-state index in [0.29, 0.717) is 6.10 Å². The summed E-state index contributed by atoms with van der Waals surface area (Å²) in [7, 11) is 0. The summed E-state index contributed by atoms with van der Waals surface area (Å²) < 4.78 is 7.73. The maximum Gasteiger partial charge on any atom is 0.138 e. The molecule has 6 heteroatoms. The van der Waals surface area contributed by atoms with Crippen LogP contribution in [-0.4, -0.2) is 33.0 Å². The fourth-order valence-electron chi connectivity index (χ4n) is 2.33. The lowest BCUT2D eigenvalue weighted by molar-refractivity contribution is 0.0314. The summed E-state index contributed by atoms with van der Waals surface area (Å²) in [5, 5.41) is 4.16. The zero-order valence-corrected chi connectivity index (χ0v) is 10.5. The maximum atomic E-state index is 5.84. The Bertz CT molecular complexity index is 353. The fourth-order valence-corrected chi connectivity index (χ4v) is 2.33. The molecule has 0 saturated carbocycles. The Morgan fingerprint density at radius 2 is 2.47 bits per heavy atom. The fraction of sp³-hybridized carbons (Fsp3) is 0.818. The van der Waals surface area contributed by atoms with Gasteiger partial charge in [-0.3, -0.25) is 16.0 Å². The van der Waals surface area contributed by atoms with E-state index in [-0.39, 0.29) is 12.1 Å². The van der Waals surface area contributed by atoms with Gasteiger partial charge >= 0.3 is 0 Å².